The third-order valence-electron chi connectivity index (χ3n) is 7.05. The molecule has 142 valence electrons. The fraction of sp³-hybridized carbons (Fsp3) is 0.409. The molecule has 0 unspecified atom stereocenters. The highest BCUT2D eigenvalue weighted by molar-refractivity contribution is 5.97. The maximum Gasteiger partial charge on any atom is 0.254 e. The maximum absolute atomic E-state index is 13.6. The van der Waals surface area contributed by atoms with Gasteiger partial charge in [-0.1, -0.05) is 30.3 Å². The third-order valence-corrected chi connectivity index (χ3v) is 7.05. The molecule has 2 bridgehead atoms. The predicted molar refractivity (Wildman–Crippen MR) is 106 cm³/mol. The Kier molecular flexibility index (Phi) is 3.56. The fourth-order valence-corrected chi connectivity index (χ4v) is 5.79. The number of benzene rings is 2. The summed E-state index contributed by atoms with van der Waals surface area (Å²) < 4.78 is 0. The topological polar surface area (TPSA) is 65.1 Å². The normalized spacial score (nSPS) is 31.3. The molecule has 5 heterocycles. The van der Waals surface area contributed by atoms with Gasteiger partial charge in [0.1, 0.15) is 11.0 Å². The number of carbonyl (C=O) groups is 1. The van der Waals surface area contributed by atoms with E-state index >= 15 is 0 Å². The summed E-state index contributed by atoms with van der Waals surface area (Å²) in [4.78, 5) is 18.4. The molecule has 4 aliphatic rings. The number of hydrogen-bond donors (Lipinski definition) is 1. The quantitative estimate of drug-likeness (QED) is 0.750. The van der Waals surface area contributed by atoms with Gasteiger partial charge in [-0.3, -0.25) is 9.69 Å². The van der Waals surface area contributed by atoms with Crippen LogP contribution in [0.15, 0.2) is 48.5 Å². The number of likely N-dealkylation sites (tertiary alicyclic amines) is 1. The van der Waals surface area contributed by atoms with Gasteiger partial charge in [0.15, 0.2) is 0 Å². The number of nitrogens with one attached hydrogen (secondary N) is 1. The zero-order valence-corrected chi connectivity index (χ0v) is 15.7. The van der Waals surface area contributed by atoms with Crippen LogP contribution in [0, 0.1) is 5.92 Å². The number of carbonyl (C=O) groups excluding carboxylic acids is 1. The van der Waals surface area contributed by atoms with E-state index in [-0.39, 0.29) is 5.91 Å². The molecule has 0 radical (unpaired) electrons. The SMILES string of the molecule is O=C(c1ccc2n[nH]nc2c1)N1C[C@@H](c2ccccc2)[C@@H]2[C@H]1C1CCN2CC1. The van der Waals surface area contributed by atoms with E-state index in [2.05, 4.69) is 55.5 Å². The molecule has 7 rings (SSSR count). The number of amides is 1. The first kappa shape index (κ1) is 16.2. The van der Waals surface area contributed by atoms with Gasteiger partial charge in [0, 0.05) is 24.1 Å². The first-order chi connectivity index (χ1) is 13.8. The van der Waals surface area contributed by atoms with E-state index in [4.69, 9.17) is 0 Å². The zero-order chi connectivity index (χ0) is 18.7. The van der Waals surface area contributed by atoms with Crippen molar-refractivity contribution < 1.29 is 4.79 Å². The average molecular weight is 373 g/mol. The van der Waals surface area contributed by atoms with E-state index in [0.29, 0.717) is 29.5 Å². The first-order valence-electron chi connectivity index (χ1n) is 10.2. The summed E-state index contributed by atoms with van der Waals surface area (Å²) in [5, 5.41) is 10.9. The van der Waals surface area contributed by atoms with Crippen LogP contribution in [0.2, 0.25) is 0 Å². The molecule has 4 fully saturated rings. The molecule has 4 aliphatic heterocycles. The highest BCUT2D eigenvalue weighted by Crippen LogP contribution is 2.46. The summed E-state index contributed by atoms with van der Waals surface area (Å²) in [5.41, 5.74) is 3.61. The number of hydrogen-bond acceptors (Lipinski definition) is 4. The van der Waals surface area contributed by atoms with Crippen LogP contribution >= 0.6 is 0 Å². The molecule has 4 saturated heterocycles. The van der Waals surface area contributed by atoms with Crippen molar-refractivity contribution in [2.45, 2.75) is 30.8 Å². The molecule has 2 aromatic carbocycles. The van der Waals surface area contributed by atoms with E-state index in [9.17, 15) is 4.79 Å². The number of piperidine rings is 3. The van der Waals surface area contributed by atoms with Crippen LogP contribution in [0.3, 0.4) is 0 Å². The minimum Gasteiger partial charge on any atom is -0.333 e. The van der Waals surface area contributed by atoms with Gasteiger partial charge < -0.3 is 4.90 Å². The van der Waals surface area contributed by atoms with Crippen LogP contribution in [0.4, 0.5) is 0 Å². The van der Waals surface area contributed by atoms with Gasteiger partial charge in [0.25, 0.3) is 5.91 Å². The minimum atomic E-state index is 0.132. The summed E-state index contributed by atoms with van der Waals surface area (Å²) >= 11 is 0. The lowest BCUT2D eigenvalue weighted by atomic mass is 9.75. The van der Waals surface area contributed by atoms with Crippen LogP contribution in [-0.2, 0) is 0 Å². The zero-order valence-electron chi connectivity index (χ0n) is 15.7. The Hall–Kier alpha value is -2.73. The van der Waals surface area contributed by atoms with Crippen molar-refractivity contribution in [3.8, 4) is 0 Å². The molecule has 1 amide bonds. The van der Waals surface area contributed by atoms with Crippen LogP contribution in [-0.4, -0.2) is 62.8 Å². The van der Waals surface area contributed by atoms with Crippen molar-refractivity contribution in [2.24, 2.45) is 5.92 Å². The monoisotopic (exact) mass is 373 g/mol. The molecule has 28 heavy (non-hydrogen) atoms. The molecule has 3 aromatic rings. The third kappa shape index (κ3) is 2.34. The van der Waals surface area contributed by atoms with Crippen molar-refractivity contribution in [1.29, 1.82) is 0 Å². The fourth-order valence-electron chi connectivity index (χ4n) is 5.79. The van der Waals surface area contributed by atoms with E-state index < -0.39 is 0 Å². The van der Waals surface area contributed by atoms with E-state index in [1.807, 2.05) is 18.2 Å². The second-order valence-corrected chi connectivity index (χ2v) is 8.36. The number of fused-ring (bicyclic) bond motifs is 3. The molecule has 6 heteroatoms. The Morgan fingerprint density at radius 1 is 0.964 bits per heavy atom. The molecule has 0 spiro atoms. The predicted octanol–water partition coefficient (Wildman–Crippen LogP) is 2.66. The van der Waals surface area contributed by atoms with Crippen LogP contribution in [0.5, 0.6) is 0 Å². The second kappa shape index (κ2) is 6.14. The van der Waals surface area contributed by atoms with Crippen LogP contribution in [0.1, 0.15) is 34.7 Å². The second-order valence-electron chi connectivity index (χ2n) is 8.36. The van der Waals surface area contributed by atoms with Crippen molar-refractivity contribution in [1.82, 2.24) is 25.2 Å². The summed E-state index contributed by atoms with van der Waals surface area (Å²) in [6, 6.07) is 17.1. The van der Waals surface area contributed by atoms with Crippen molar-refractivity contribution in [3.63, 3.8) is 0 Å². The standard InChI is InChI=1S/C22H23N5O/c28-22(16-6-7-18-19(12-16)24-25-23-18)27-13-17(14-4-2-1-3-5-14)21-20(27)15-8-10-26(21)11-9-15/h1-7,12,15,17,20-21H,8-11,13H2,(H,23,24,25)/t17-,20+,21+/m0/s1. The number of rotatable bonds is 2. The van der Waals surface area contributed by atoms with Crippen molar-refractivity contribution in [2.75, 3.05) is 19.6 Å². The Bertz CT molecular complexity index is 1020. The average Bonchev–Trinajstić information content (AvgIpc) is 3.40. The molecule has 0 saturated carbocycles. The van der Waals surface area contributed by atoms with Gasteiger partial charge in [0.05, 0.1) is 6.04 Å². The van der Waals surface area contributed by atoms with Crippen molar-refractivity contribution in [3.05, 3.63) is 59.7 Å². The van der Waals surface area contributed by atoms with Gasteiger partial charge >= 0.3 is 0 Å². The number of H-pyrrole nitrogens is 1. The Labute approximate surface area is 163 Å². The number of nitrogens with zero attached hydrogens (tertiary/aromatic N) is 4. The highest BCUT2D eigenvalue weighted by atomic mass is 16.2. The molecular weight excluding hydrogens is 350 g/mol. The molecule has 0 aliphatic carbocycles. The summed E-state index contributed by atoms with van der Waals surface area (Å²) in [6.45, 7) is 3.13. The molecule has 6 nitrogen and oxygen atoms in total. The van der Waals surface area contributed by atoms with Gasteiger partial charge in [-0.15, -0.1) is 0 Å². The van der Waals surface area contributed by atoms with Gasteiger partial charge in [0.2, 0.25) is 0 Å². The van der Waals surface area contributed by atoms with Crippen LogP contribution in [0.25, 0.3) is 11.0 Å². The first-order valence-corrected chi connectivity index (χ1v) is 10.2. The molecule has 1 aromatic heterocycles. The number of aromatic amines is 1. The van der Waals surface area contributed by atoms with E-state index in [1.165, 1.54) is 31.5 Å². The summed E-state index contributed by atoms with van der Waals surface area (Å²) in [5.74, 6) is 1.13. The maximum atomic E-state index is 13.6. The minimum absolute atomic E-state index is 0.132. The largest absolute Gasteiger partial charge is 0.333 e. The smallest absolute Gasteiger partial charge is 0.254 e. The van der Waals surface area contributed by atoms with E-state index in [0.717, 1.165) is 17.6 Å². The molecule has 1 N–H and O–H groups in total. The Balaban J connectivity index is 1.39. The Morgan fingerprint density at radius 2 is 1.75 bits per heavy atom. The lowest BCUT2D eigenvalue weighted by Gasteiger charge is -2.51. The molecule has 3 atom stereocenters. The lowest BCUT2D eigenvalue weighted by Crippen LogP contribution is -2.60. The lowest BCUT2D eigenvalue weighted by molar-refractivity contribution is -0.00340. The Morgan fingerprint density at radius 3 is 2.57 bits per heavy atom. The highest BCUT2D eigenvalue weighted by Gasteiger charge is 2.54. The summed E-state index contributed by atoms with van der Waals surface area (Å²) in [7, 11) is 0. The van der Waals surface area contributed by atoms with Gasteiger partial charge in [-0.05, 0) is 55.6 Å². The van der Waals surface area contributed by atoms with E-state index in [1.54, 1.807) is 0 Å². The number of aromatic nitrogens is 3. The van der Waals surface area contributed by atoms with Gasteiger partial charge in [-0.2, -0.15) is 15.4 Å². The van der Waals surface area contributed by atoms with Crippen LogP contribution < -0.4 is 0 Å². The summed E-state index contributed by atoms with van der Waals surface area (Å²) in [6.07, 6.45) is 2.41. The van der Waals surface area contributed by atoms with Crippen molar-refractivity contribution >= 4 is 16.9 Å². The molecular formula is C22H23N5O. The van der Waals surface area contributed by atoms with Gasteiger partial charge in [-0.25, -0.2) is 0 Å².